The van der Waals surface area contributed by atoms with E-state index in [-0.39, 0.29) is 16.7 Å². The lowest BCUT2D eigenvalue weighted by molar-refractivity contribution is -0.132. The van der Waals surface area contributed by atoms with Gasteiger partial charge in [-0.2, -0.15) is 0 Å². The minimum Gasteiger partial charge on any atom is -0.507 e. The number of nitrogens with zero attached hydrogens (tertiary/aromatic N) is 1. The van der Waals surface area contributed by atoms with Gasteiger partial charge in [0.15, 0.2) is 0 Å². The third kappa shape index (κ3) is 4.26. The maximum atomic E-state index is 13.3. The van der Waals surface area contributed by atoms with E-state index in [0.29, 0.717) is 21.5 Å². The Kier molecular flexibility index (Phi) is 6.36. The zero-order valence-corrected chi connectivity index (χ0v) is 21.1. The van der Waals surface area contributed by atoms with Crippen molar-refractivity contribution in [3.63, 3.8) is 0 Å². The first-order valence-corrected chi connectivity index (χ1v) is 11.7. The summed E-state index contributed by atoms with van der Waals surface area (Å²) in [6.07, 6.45) is 0. The standard InChI is InChI=1S/C28H26BrNO4/c1-28(2,3)19-11-13-20(14-12-19)30-24(17-8-6-5-7-9-17)23(26(32)27(30)33)25(31)18-10-15-22(34-4)21(29)16-18/h5-16,24,31H,1-4H3/b25-23-. The van der Waals surface area contributed by atoms with Gasteiger partial charge in [0.05, 0.1) is 23.2 Å². The number of carbonyl (C=O) groups excluding carboxylic acids is 2. The van der Waals surface area contributed by atoms with Gasteiger partial charge >= 0.3 is 0 Å². The smallest absolute Gasteiger partial charge is 0.300 e. The SMILES string of the molecule is COc1ccc(/C(O)=C2/C(=O)C(=O)N(c3ccc(C(C)(C)C)cc3)C2c2ccccc2)cc1Br. The number of hydrogen-bond donors (Lipinski definition) is 1. The van der Waals surface area contributed by atoms with Crippen LogP contribution in [0.3, 0.4) is 0 Å². The first-order chi connectivity index (χ1) is 16.1. The molecule has 4 rings (SSSR count). The molecule has 34 heavy (non-hydrogen) atoms. The molecule has 1 atom stereocenters. The molecular weight excluding hydrogens is 494 g/mol. The molecule has 1 aliphatic rings. The molecule has 0 aliphatic carbocycles. The largest absolute Gasteiger partial charge is 0.507 e. The summed E-state index contributed by atoms with van der Waals surface area (Å²) in [7, 11) is 1.55. The van der Waals surface area contributed by atoms with E-state index < -0.39 is 17.7 Å². The molecule has 1 saturated heterocycles. The van der Waals surface area contributed by atoms with Crippen LogP contribution in [0.15, 0.2) is 82.8 Å². The molecule has 6 heteroatoms. The Hall–Kier alpha value is -3.38. The van der Waals surface area contributed by atoms with Crippen molar-refractivity contribution in [1.82, 2.24) is 0 Å². The number of amides is 1. The van der Waals surface area contributed by atoms with E-state index in [2.05, 4.69) is 36.7 Å². The molecule has 3 aromatic carbocycles. The molecule has 1 unspecified atom stereocenters. The van der Waals surface area contributed by atoms with Crippen LogP contribution in [0.5, 0.6) is 5.75 Å². The van der Waals surface area contributed by atoms with Gasteiger partial charge in [-0.25, -0.2) is 0 Å². The number of ketones is 1. The summed E-state index contributed by atoms with van der Waals surface area (Å²) in [5.41, 5.74) is 2.86. The van der Waals surface area contributed by atoms with Crippen LogP contribution in [0.25, 0.3) is 5.76 Å². The molecule has 0 spiro atoms. The predicted octanol–water partition coefficient (Wildman–Crippen LogP) is 6.38. The van der Waals surface area contributed by atoms with Crippen molar-refractivity contribution in [3.8, 4) is 5.75 Å². The molecule has 0 aromatic heterocycles. The van der Waals surface area contributed by atoms with E-state index >= 15 is 0 Å². The summed E-state index contributed by atoms with van der Waals surface area (Å²) in [5, 5.41) is 11.3. The van der Waals surface area contributed by atoms with E-state index in [0.717, 1.165) is 11.1 Å². The Balaban J connectivity index is 1.89. The molecule has 0 radical (unpaired) electrons. The zero-order chi connectivity index (χ0) is 24.6. The van der Waals surface area contributed by atoms with Gasteiger partial charge in [-0.3, -0.25) is 14.5 Å². The van der Waals surface area contributed by atoms with Crippen LogP contribution in [0, 0.1) is 0 Å². The Morgan fingerprint density at radius 1 is 0.971 bits per heavy atom. The predicted molar refractivity (Wildman–Crippen MR) is 137 cm³/mol. The average Bonchev–Trinajstić information content (AvgIpc) is 3.09. The van der Waals surface area contributed by atoms with Crippen LogP contribution in [0.2, 0.25) is 0 Å². The first-order valence-electron chi connectivity index (χ1n) is 10.9. The van der Waals surface area contributed by atoms with E-state index in [9.17, 15) is 14.7 Å². The highest BCUT2D eigenvalue weighted by Gasteiger charge is 2.47. The van der Waals surface area contributed by atoms with E-state index in [1.54, 1.807) is 25.3 Å². The van der Waals surface area contributed by atoms with Crippen molar-refractivity contribution in [2.45, 2.75) is 32.2 Å². The summed E-state index contributed by atoms with van der Waals surface area (Å²) < 4.78 is 5.90. The maximum absolute atomic E-state index is 13.3. The summed E-state index contributed by atoms with van der Waals surface area (Å²) in [6.45, 7) is 6.35. The molecule has 1 amide bonds. The number of halogens is 1. The van der Waals surface area contributed by atoms with Gasteiger partial charge < -0.3 is 9.84 Å². The second-order valence-electron chi connectivity index (χ2n) is 9.23. The number of carbonyl (C=O) groups is 2. The number of rotatable bonds is 4. The third-order valence-corrected chi connectivity index (χ3v) is 6.62. The monoisotopic (exact) mass is 519 g/mol. The van der Waals surface area contributed by atoms with Crippen molar-refractivity contribution in [2.24, 2.45) is 0 Å². The Morgan fingerprint density at radius 2 is 1.62 bits per heavy atom. The van der Waals surface area contributed by atoms with Crippen LogP contribution in [-0.4, -0.2) is 23.9 Å². The number of Topliss-reactive ketones (excluding diaryl/α,β-unsaturated/α-hetero) is 1. The third-order valence-electron chi connectivity index (χ3n) is 6.00. The average molecular weight is 520 g/mol. The quantitative estimate of drug-likeness (QED) is 0.246. The van der Waals surface area contributed by atoms with Crippen LogP contribution < -0.4 is 9.64 Å². The minimum atomic E-state index is -0.762. The second kappa shape index (κ2) is 9.11. The minimum absolute atomic E-state index is 0.0483. The number of methoxy groups -OCH3 is 1. The van der Waals surface area contributed by atoms with Crippen molar-refractivity contribution < 1.29 is 19.4 Å². The van der Waals surface area contributed by atoms with Gasteiger partial charge in [-0.1, -0.05) is 63.2 Å². The van der Waals surface area contributed by atoms with Crippen LogP contribution in [0.4, 0.5) is 5.69 Å². The van der Waals surface area contributed by atoms with Gasteiger partial charge in [0.2, 0.25) is 0 Å². The van der Waals surface area contributed by atoms with Gasteiger partial charge in [0.1, 0.15) is 11.5 Å². The molecular formula is C28H26BrNO4. The number of hydrogen-bond acceptors (Lipinski definition) is 4. The number of anilines is 1. The van der Waals surface area contributed by atoms with Crippen molar-refractivity contribution in [1.29, 1.82) is 0 Å². The molecule has 1 fully saturated rings. The lowest BCUT2D eigenvalue weighted by Crippen LogP contribution is -2.29. The van der Waals surface area contributed by atoms with Crippen molar-refractivity contribution in [2.75, 3.05) is 12.0 Å². The highest BCUT2D eigenvalue weighted by molar-refractivity contribution is 9.10. The molecule has 174 valence electrons. The Bertz CT molecular complexity index is 1270. The number of aliphatic hydroxyl groups excluding tert-OH is 1. The maximum Gasteiger partial charge on any atom is 0.300 e. The Morgan fingerprint density at radius 3 is 2.18 bits per heavy atom. The summed E-state index contributed by atoms with van der Waals surface area (Å²) in [4.78, 5) is 28.0. The second-order valence-corrected chi connectivity index (χ2v) is 10.1. The van der Waals surface area contributed by atoms with Gasteiger partial charge in [0, 0.05) is 11.3 Å². The van der Waals surface area contributed by atoms with Crippen LogP contribution >= 0.6 is 15.9 Å². The highest BCUT2D eigenvalue weighted by Crippen LogP contribution is 2.43. The first kappa shape index (κ1) is 23.8. The van der Waals surface area contributed by atoms with E-state index in [1.165, 1.54) is 4.90 Å². The zero-order valence-electron chi connectivity index (χ0n) is 19.5. The lowest BCUT2D eigenvalue weighted by atomic mass is 9.87. The number of aliphatic hydroxyl groups is 1. The van der Waals surface area contributed by atoms with Crippen molar-refractivity contribution in [3.05, 3.63) is 99.5 Å². The molecule has 0 saturated carbocycles. The molecule has 1 aliphatic heterocycles. The van der Waals surface area contributed by atoms with Gasteiger partial charge in [0.25, 0.3) is 11.7 Å². The van der Waals surface area contributed by atoms with E-state index in [4.69, 9.17) is 4.74 Å². The lowest BCUT2D eigenvalue weighted by Gasteiger charge is -2.26. The summed E-state index contributed by atoms with van der Waals surface area (Å²) in [6, 6.07) is 21.2. The van der Waals surface area contributed by atoms with Crippen molar-refractivity contribution >= 4 is 39.1 Å². The van der Waals surface area contributed by atoms with Gasteiger partial charge in [-0.05, 0) is 62.8 Å². The molecule has 1 N–H and O–H groups in total. The Labute approximate surface area is 207 Å². The molecule has 5 nitrogen and oxygen atoms in total. The fraction of sp³-hybridized carbons (Fsp3) is 0.214. The highest BCUT2D eigenvalue weighted by atomic mass is 79.9. The van der Waals surface area contributed by atoms with E-state index in [1.807, 2.05) is 54.6 Å². The molecule has 3 aromatic rings. The molecule has 1 heterocycles. The normalized spacial score (nSPS) is 17.8. The fourth-order valence-electron chi connectivity index (χ4n) is 4.14. The summed E-state index contributed by atoms with van der Waals surface area (Å²) in [5.74, 6) is -1.04. The van der Waals surface area contributed by atoms with Crippen LogP contribution in [-0.2, 0) is 15.0 Å². The summed E-state index contributed by atoms with van der Waals surface area (Å²) >= 11 is 3.42. The topological polar surface area (TPSA) is 66.8 Å². The molecule has 0 bridgehead atoms. The fourth-order valence-corrected chi connectivity index (χ4v) is 4.68. The van der Waals surface area contributed by atoms with Crippen LogP contribution in [0.1, 0.15) is 43.5 Å². The number of ether oxygens (including phenoxy) is 1. The number of benzene rings is 3. The van der Waals surface area contributed by atoms with Gasteiger partial charge in [-0.15, -0.1) is 0 Å².